The fourth-order valence-electron chi connectivity index (χ4n) is 2.42. The molecule has 0 saturated carbocycles. The van der Waals surface area contributed by atoms with Gasteiger partial charge < -0.3 is 14.6 Å². The summed E-state index contributed by atoms with van der Waals surface area (Å²) in [6.07, 6.45) is 0.665. The number of methoxy groups -OCH3 is 1. The van der Waals surface area contributed by atoms with E-state index in [9.17, 15) is 9.59 Å². The number of carboxylic acids is 1. The smallest absolute Gasteiger partial charge is 0.304 e. The summed E-state index contributed by atoms with van der Waals surface area (Å²) < 4.78 is 10.9. The van der Waals surface area contributed by atoms with Crippen molar-refractivity contribution < 1.29 is 24.2 Å². The van der Waals surface area contributed by atoms with E-state index < -0.39 is 11.9 Å². The van der Waals surface area contributed by atoms with Gasteiger partial charge in [0.15, 0.2) is 5.78 Å². The molecule has 1 aromatic carbocycles. The van der Waals surface area contributed by atoms with Gasteiger partial charge in [0.05, 0.1) is 19.1 Å². The second kappa shape index (κ2) is 5.53. The first-order valence-corrected chi connectivity index (χ1v) is 6.56. The van der Waals surface area contributed by atoms with Gasteiger partial charge in [-0.05, 0) is 19.1 Å². The molecule has 1 aliphatic rings. The Labute approximate surface area is 117 Å². The molecule has 1 N–H and O–H groups in total. The number of rotatable bonds is 5. The van der Waals surface area contributed by atoms with Crippen LogP contribution in [0.15, 0.2) is 12.1 Å². The lowest BCUT2D eigenvalue weighted by atomic mass is 9.94. The van der Waals surface area contributed by atoms with Gasteiger partial charge >= 0.3 is 5.97 Å². The van der Waals surface area contributed by atoms with Crippen molar-refractivity contribution >= 4 is 11.8 Å². The third-order valence-corrected chi connectivity index (χ3v) is 3.41. The molecular formula is C15H18O5. The van der Waals surface area contributed by atoms with E-state index in [1.807, 2.05) is 6.92 Å². The molecular weight excluding hydrogens is 260 g/mol. The van der Waals surface area contributed by atoms with E-state index in [-0.39, 0.29) is 18.3 Å². The molecule has 1 aromatic rings. The highest BCUT2D eigenvalue weighted by molar-refractivity contribution is 6.02. The van der Waals surface area contributed by atoms with Crippen molar-refractivity contribution in [2.75, 3.05) is 7.11 Å². The third-order valence-electron chi connectivity index (χ3n) is 3.41. The largest absolute Gasteiger partial charge is 0.496 e. The van der Waals surface area contributed by atoms with Crippen LogP contribution < -0.4 is 9.47 Å². The van der Waals surface area contributed by atoms with Crippen molar-refractivity contribution in [2.45, 2.75) is 32.8 Å². The minimum atomic E-state index is -0.990. The molecule has 20 heavy (non-hydrogen) atoms. The first-order valence-electron chi connectivity index (χ1n) is 6.56. The normalized spacial score (nSPS) is 18.1. The Hall–Kier alpha value is -2.04. The van der Waals surface area contributed by atoms with Crippen LogP contribution in [0.25, 0.3) is 0 Å². The number of Topliss-reactive ketones (excluding diaryl/α,β-unsaturated/α-hetero) is 1. The van der Waals surface area contributed by atoms with Crippen molar-refractivity contribution in [3.8, 4) is 11.5 Å². The Kier molecular flexibility index (Phi) is 3.97. The number of ketones is 1. The topological polar surface area (TPSA) is 72.8 Å². The van der Waals surface area contributed by atoms with Crippen LogP contribution in [0.1, 0.15) is 36.2 Å². The van der Waals surface area contributed by atoms with Gasteiger partial charge in [0.2, 0.25) is 0 Å². The molecule has 0 aliphatic carbocycles. The molecule has 1 aliphatic heterocycles. The van der Waals surface area contributed by atoms with Crippen molar-refractivity contribution in [2.24, 2.45) is 5.92 Å². The summed E-state index contributed by atoms with van der Waals surface area (Å²) in [5.41, 5.74) is 1.39. The Morgan fingerprint density at radius 2 is 2.20 bits per heavy atom. The lowest BCUT2D eigenvalue weighted by Crippen LogP contribution is -2.16. The lowest BCUT2D eigenvalue weighted by molar-refractivity contribution is -0.137. The van der Waals surface area contributed by atoms with E-state index in [0.29, 0.717) is 17.1 Å². The highest BCUT2D eigenvalue weighted by Gasteiger charge is 2.26. The van der Waals surface area contributed by atoms with E-state index in [4.69, 9.17) is 14.6 Å². The van der Waals surface area contributed by atoms with Gasteiger partial charge in [0, 0.05) is 17.9 Å². The van der Waals surface area contributed by atoms with E-state index >= 15 is 0 Å². The van der Waals surface area contributed by atoms with Crippen molar-refractivity contribution in [1.82, 2.24) is 0 Å². The van der Waals surface area contributed by atoms with Crippen LogP contribution in [0.4, 0.5) is 0 Å². The van der Waals surface area contributed by atoms with Gasteiger partial charge in [0.25, 0.3) is 0 Å². The maximum atomic E-state index is 12.3. The van der Waals surface area contributed by atoms with Crippen LogP contribution in [-0.2, 0) is 11.2 Å². The minimum absolute atomic E-state index is 0.0801. The third kappa shape index (κ3) is 2.76. The summed E-state index contributed by atoms with van der Waals surface area (Å²) in [7, 11) is 1.50. The van der Waals surface area contributed by atoms with E-state index in [1.165, 1.54) is 7.11 Å². The van der Waals surface area contributed by atoms with Crippen molar-refractivity contribution in [3.63, 3.8) is 0 Å². The van der Waals surface area contributed by atoms with Gasteiger partial charge in [-0.2, -0.15) is 0 Å². The van der Waals surface area contributed by atoms with Crippen LogP contribution >= 0.6 is 0 Å². The predicted molar refractivity (Wildman–Crippen MR) is 72.5 cm³/mol. The number of hydrogen-bond acceptors (Lipinski definition) is 4. The second-order valence-corrected chi connectivity index (χ2v) is 5.16. The van der Waals surface area contributed by atoms with Crippen LogP contribution in [-0.4, -0.2) is 30.1 Å². The SMILES string of the molecule is COc1cc2c(cc1C(=O)C(C)CC(=O)O)OC(C)C2. The molecule has 0 bridgehead atoms. The standard InChI is InChI=1S/C15H18O5/c1-8(4-14(16)17)15(18)11-7-12-10(5-9(2)20-12)6-13(11)19-3/h6-9H,4-5H2,1-3H3,(H,16,17). The summed E-state index contributed by atoms with van der Waals surface area (Å²) in [6.45, 7) is 3.56. The number of carboxylic acid groups (broad SMARTS) is 1. The molecule has 0 aromatic heterocycles. The molecule has 0 saturated heterocycles. The number of carbonyl (C=O) groups excluding carboxylic acids is 1. The van der Waals surface area contributed by atoms with E-state index in [0.717, 1.165) is 12.0 Å². The Balaban J connectivity index is 2.34. The zero-order valence-electron chi connectivity index (χ0n) is 11.8. The van der Waals surface area contributed by atoms with Crippen LogP contribution in [0, 0.1) is 5.92 Å². The molecule has 108 valence electrons. The summed E-state index contributed by atoms with van der Waals surface area (Å²) in [5.74, 6) is -0.669. The van der Waals surface area contributed by atoms with Gasteiger partial charge in [0.1, 0.15) is 17.6 Å². The summed E-state index contributed by atoms with van der Waals surface area (Å²) in [6, 6.07) is 3.47. The summed E-state index contributed by atoms with van der Waals surface area (Å²) in [4.78, 5) is 23.1. The number of fused-ring (bicyclic) bond motifs is 1. The monoisotopic (exact) mass is 278 g/mol. The first kappa shape index (κ1) is 14.4. The maximum Gasteiger partial charge on any atom is 0.304 e. The Bertz CT molecular complexity index is 549. The van der Waals surface area contributed by atoms with Crippen molar-refractivity contribution in [3.05, 3.63) is 23.3 Å². The zero-order chi connectivity index (χ0) is 14.9. The fourth-order valence-corrected chi connectivity index (χ4v) is 2.42. The van der Waals surface area contributed by atoms with Crippen LogP contribution in [0.2, 0.25) is 0 Å². The summed E-state index contributed by atoms with van der Waals surface area (Å²) in [5, 5.41) is 8.79. The number of ether oxygens (including phenoxy) is 2. The van der Waals surface area contributed by atoms with E-state index in [2.05, 4.69) is 0 Å². The Morgan fingerprint density at radius 3 is 2.80 bits per heavy atom. The number of aliphatic carboxylic acids is 1. The highest BCUT2D eigenvalue weighted by atomic mass is 16.5. The molecule has 1 heterocycles. The second-order valence-electron chi connectivity index (χ2n) is 5.16. The van der Waals surface area contributed by atoms with Gasteiger partial charge in [-0.3, -0.25) is 9.59 Å². The maximum absolute atomic E-state index is 12.3. The molecule has 2 unspecified atom stereocenters. The van der Waals surface area contributed by atoms with Gasteiger partial charge in [-0.25, -0.2) is 0 Å². The summed E-state index contributed by atoms with van der Waals surface area (Å²) >= 11 is 0. The van der Waals surface area contributed by atoms with Gasteiger partial charge in [-0.1, -0.05) is 6.92 Å². The van der Waals surface area contributed by atoms with Crippen molar-refractivity contribution in [1.29, 1.82) is 0 Å². The van der Waals surface area contributed by atoms with E-state index in [1.54, 1.807) is 19.1 Å². The molecule has 5 nitrogen and oxygen atoms in total. The molecule has 0 radical (unpaired) electrons. The molecule has 0 fully saturated rings. The minimum Gasteiger partial charge on any atom is -0.496 e. The average molecular weight is 278 g/mol. The number of carbonyl (C=O) groups is 2. The lowest BCUT2D eigenvalue weighted by Gasteiger charge is -2.13. The fraction of sp³-hybridized carbons (Fsp3) is 0.467. The first-order chi connectivity index (χ1) is 9.42. The quantitative estimate of drug-likeness (QED) is 0.837. The molecule has 2 rings (SSSR count). The zero-order valence-corrected chi connectivity index (χ0v) is 11.8. The molecule has 2 atom stereocenters. The number of benzene rings is 1. The Morgan fingerprint density at radius 1 is 1.50 bits per heavy atom. The molecule has 0 spiro atoms. The predicted octanol–water partition coefficient (Wildman–Crippen LogP) is 2.31. The van der Waals surface area contributed by atoms with Crippen LogP contribution in [0.3, 0.4) is 0 Å². The highest BCUT2D eigenvalue weighted by Crippen LogP contribution is 2.36. The van der Waals surface area contributed by atoms with Gasteiger partial charge in [-0.15, -0.1) is 0 Å². The molecule has 5 heteroatoms. The van der Waals surface area contributed by atoms with Crippen LogP contribution in [0.5, 0.6) is 11.5 Å². The molecule has 0 amide bonds. The number of hydrogen-bond donors (Lipinski definition) is 1. The average Bonchev–Trinajstić information content (AvgIpc) is 2.74.